The summed E-state index contributed by atoms with van der Waals surface area (Å²) in [6.45, 7) is 0. The summed E-state index contributed by atoms with van der Waals surface area (Å²) in [5, 5.41) is 0.848. The lowest BCUT2D eigenvalue weighted by molar-refractivity contribution is 0.103. The van der Waals surface area contributed by atoms with Gasteiger partial charge in [0.05, 0.1) is 11.7 Å². The van der Waals surface area contributed by atoms with Crippen molar-refractivity contribution in [2.24, 2.45) is 0 Å². The fraction of sp³-hybridized carbons (Fsp3) is 0.167. The highest BCUT2D eigenvalue weighted by molar-refractivity contribution is 6.15. The van der Waals surface area contributed by atoms with E-state index in [2.05, 4.69) is 0 Å². The van der Waals surface area contributed by atoms with Gasteiger partial charge in [-0.25, -0.2) is 0 Å². The van der Waals surface area contributed by atoms with Gasteiger partial charge in [-0.1, -0.05) is 18.2 Å². The fourth-order valence-electron chi connectivity index (χ4n) is 2.37. The second-order valence-electron chi connectivity index (χ2n) is 5.32. The molecule has 1 aliphatic carbocycles. The highest BCUT2D eigenvalue weighted by Gasteiger charge is 2.23. The fourth-order valence-corrected chi connectivity index (χ4v) is 2.37. The van der Waals surface area contributed by atoms with Crippen LogP contribution in [0.1, 0.15) is 28.8 Å². The molecule has 3 nitrogen and oxygen atoms in total. The minimum atomic E-state index is -0.0297. The summed E-state index contributed by atoms with van der Waals surface area (Å²) in [4.78, 5) is 12.6. The van der Waals surface area contributed by atoms with E-state index in [4.69, 9.17) is 9.15 Å². The van der Waals surface area contributed by atoms with Crippen molar-refractivity contribution in [3.8, 4) is 5.75 Å². The molecule has 1 heterocycles. The van der Waals surface area contributed by atoms with Crippen molar-refractivity contribution in [3.63, 3.8) is 0 Å². The lowest BCUT2D eigenvalue weighted by Gasteiger charge is -2.05. The molecule has 0 amide bonds. The molecular formula is C18H14O3. The van der Waals surface area contributed by atoms with Crippen LogP contribution in [0.15, 0.2) is 59.2 Å². The van der Waals surface area contributed by atoms with E-state index in [0.29, 0.717) is 17.2 Å². The molecule has 0 unspecified atom stereocenters. The molecule has 1 saturated carbocycles. The number of carbonyl (C=O) groups is 1. The van der Waals surface area contributed by atoms with Gasteiger partial charge in [0.2, 0.25) is 0 Å². The van der Waals surface area contributed by atoms with Gasteiger partial charge >= 0.3 is 0 Å². The van der Waals surface area contributed by atoms with Crippen LogP contribution in [0.5, 0.6) is 5.75 Å². The first-order valence-electron chi connectivity index (χ1n) is 7.09. The van der Waals surface area contributed by atoms with Crippen LogP contribution in [-0.4, -0.2) is 11.9 Å². The molecule has 0 N–H and O–H groups in total. The van der Waals surface area contributed by atoms with Gasteiger partial charge in [0.15, 0.2) is 5.78 Å². The van der Waals surface area contributed by atoms with Crippen molar-refractivity contribution >= 4 is 16.8 Å². The first kappa shape index (κ1) is 12.2. The molecule has 0 spiro atoms. The number of carbonyl (C=O) groups excluding carboxylic acids is 1. The highest BCUT2D eigenvalue weighted by Crippen LogP contribution is 2.28. The topological polar surface area (TPSA) is 39.4 Å². The van der Waals surface area contributed by atoms with E-state index >= 15 is 0 Å². The molecule has 3 aromatic rings. The minimum absolute atomic E-state index is 0.0297. The molecule has 21 heavy (non-hydrogen) atoms. The van der Waals surface area contributed by atoms with E-state index in [0.717, 1.165) is 29.6 Å². The lowest BCUT2D eigenvalue weighted by atomic mass is 10.0. The van der Waals surface area contributed by atoms with Crippen LogP contribution in [0, 0.1) is 0 Å². The smallest absolute Gasteiger partial charge is 0.196 e. The van der Waals surface area contributed by atoms with Gasteiger partial charge in [-0.15, -0.1) is 0 Å². The van der Waals surface area contributed by atoms with E-state index in [9.17, 15) is 4.79 Å². The molecule has 4 rings (SSSR count). The van der Waals surface area contributed by atoms with E-state index < -0.39 is 0 Å². The van der Waals surface area contributed by atoms with E-state index in [1.54, 1.807) is 0 Å². The lowest BCUT2D eigenvalue weighted by Crippen LogP contribution is -2.01. The van der Waals surface area contributed by atoms with Gasteiger partial charge in [-0.05, 0) is 43.2 Å². The maximum Gasteiger partial charge on any atom is 0.196 e. The molecule has 0 aliphatic heterocycles. The summed E-state index contributed by atoms with van der Waals surface area (Å²) in [6, 6.07) is 14.9. The van der Waals surface area contributed by atoms with Gasteiger partial charge in [0.25, 0.3) is 0 Å². The van der Waals surface area contributed by atoms with Crippen LogP contribution in [-0.2, 0) is 0 Å². The molecule has 0 saturated heterocycles. The van der Waals surface area contributed by atoms with Crippen LogP contribution in [0.2, 0.25) is 0 Å². The first-order valence-corrected chi connectivity index (χ1v) is 7.09. The van der Waals surface area contributed by atoms with Crippen LogP contribution in [0.4, 0.5) is 0 Å². The van der Waals surface area contributed by atoms with Gasteiger partial charge in [-0.3, -0.25) is 4.79 Å². The monoisotopic (exact) mass is 278 g/mol. The van der Waals surface area contributed by atoms with Gasteiger partial charge < -0.3 is 9.15 Å². The Balaban J connectivity index is 1.64. The average Bonchev–Trinajstić information content (AvgIpc) is 3.23. The van der Waals surface area contributed by atoms with E-state index in [-0.39, 0.29) is 5.78 Å². The average molecular weight is 278 g/mol. The molecule has 1 fully saturated rings. The zero-order valence-electron chi connectivity index (χ0n) is 11.4. The summed E-state index contributed by atoms with van der Waals surface area (Å²) in [7, 11) is 0. The van der Waals surface area contributed by atoms with Crippen molar-refractivity contribution in [1.82, 2.24) is 0 Å². The number of ketones is 1. The summed E-state index contributed by atoms with van der Waals surface area (Å²) in [6.07, 6.45) is 4.15. The third-order valence-electron chi connectivity index (χ3n) is 3.67. The van der Waals surface area contributed by atoms with Crippen molar-refractivity contribution in [2.45, 2.75) is 18.9 Å². The van der Waals surface area contributed by atoms with Crippen molar-refractivity contribution < 1.29 is 13.9 Å². The maximum absolute atomic E-state index is 12.6. The Morgan fingerprint density at radius 1 is 1.05 bits per heavy atom. The van der Waals surface area contributed by atoms with Crippen LogP contribution >= 0.6 is 0 Å². The SMILES string of the molecule is O=C(c1ccc(OC2CC2)cc1)c1coc2ccccc12. The van der Waals surface area contributed by atoms with E-state index in [1.165, 1.54) is 6.26 Å². The molecule has 2 aromatic carbocycles. The molecular weight excluding hydrogens is 264 g/mol. The molecule has 1 aliphatic rings. The molecule has 1 aromatic heterocycles. The maximum atomic E-state index is 12.6. The normalized spacial score (nSPS) is 14.3. The van der Waals surface area contributed by atoms with Crippen LogP contribution < -0.4 is 4.74 Å². The Kier molecular flexibility index (Phi) is 2.78. The number of rotatable bonds is 4. The zero-order valence-corrected chi connectivity index (χ0v) is 11.4. The van der Waals surface area contributed by atoms with Gasteiger partial charge in [0, 0.05) is 10.9 Å². The number of hydrogen-bond donors (Lipinski definition) is 0. The third-order valence-corrected chi connectivity index (χ3v) is 3.67. The summed E-state index contributed by atoms with van der Waals surface area (Å²) < 4.78 is 11.1. The minimum Gasteiger partial charge on any atom is -0.490 e. The van der Waals surface area contributed by atoms with Crippen LogP contribution in [0.3, 0.4) is 0 Å². The number of fused-ring (bicyclic) bond motifs is 1. The molecule has 0 radical (unpaired) electrons. The van der Waals surface area contributed by atoms with Crippen molar-refractivity contribution in [3.05, 3.63) is 65.9 Å². The second-order valence-corrected chi connectivity index (χ2v) is 5.32. The molecule has 0 bridgehead atoms. The number of benzene rings is 2. The Labute approximate surface area is 122 Å². The Morgan fingerprint density at radius 3 is 2.57 bits per heavy atom. The number of para-hydroxylation sites is 1. The van der Waals surface area contributed by atoms with E-state index in [1.807, 2.05) is 48.5 Å². The highest BCUT2D eigenvalue weighted by atomic mass is 16.5. The standard InChI is InChI=1S/C18H14O3/c19-18(16-11-20-17-4-2-1-3-15(16)17)12-5-7-13(8-6-12)21-14-9-10-14/h1-8,11,14H,9-10H2. The van der Waals surface area contributed by atoms with Crippen molar-refractivity contribution in [1.29, 1.82) is 0 Å². The molecule has 104 valence electrons. The van der Waals surface area contributed by atoms with Crippen molar-refractivity contribution in [2.75, 3.05) is 0 Å². The third kappa shape index (κ3) is 2.31. The summed E-state index contributed by atoms with van der Waals surface area (Å²) in [5.41, 5.74) is 1.97. The number of ether oxygens (including phenoxy) is 1. The summed E-state index contributed by atoms with van der Waals surface area (Å²) >= 11 is 0. The predicted molar refractivity (Wildman–Crippen MR) is 79.7 cm³/mol. The summed E-state index contributed by atoms with van der Waals surface area (Å²) in [5.74, 6) is 0.795. The quantitative estimate of drug-likeness (QED) is 0.671. The largest absolute Gasteiger partial charge is 0.490 e. The first-order chi connectivity index (χ1) is 10.3. The Morgan fingerprint density at radius 2 is 1.81 bits per heavy atom. The van der Waals surface area contributed by atoms with Gasteiger partial charge in [0.1, 0.15) is 17.6 Å². The Hall–Kier alpha value is -2.55. The number of furan rings is 1. The molecule has 3 heteroatoms. The number of hydrogen-bond acceptors (Lipinski definition) is 3. The van der Waals surface area contributed by atoms with Gasteiger partial charge in [-0.2, -0.15) is 0 Å². The Bertz CT molecular complexity index is 795. The zero-order chi connectivity index (χ0) is 14.2. The molecule has 0 atom stereocenters. The second kappa shape index (κ2) is 4.77. The predicted octanol–water partition coefficient (Wildman–Crippen LogP) is 4.21. The van der Waals surface area contributed by atoms with Crippen LogP contribution in [0.25, 0.3) is 11.0 Å².